The lowest BCUT2D eigenvalue weighted by Crippen LogP contribution is -2.39. The van der Waals surface area contributed by atoms with Crippen LogP contribution in [0.5, 0.6) is 0 Å². The van der Waals surface area contributed by atoms with Crippen LogP contribution >= 0.6 is 11.8 Å². The van der Waals surface area contributed by atoms with Crippen molar-refractivity contribution >= 4 is 16.9 Å². The molecule has 12 heavy (non-hydrogen) atoms. The van der Waals surface area contributed by atoms with Gasteiger partial charge in [-0.15, -0.1) is 0 Å². The van der Waals surface area contributed by atoms with E-state index in [4.69, 9.17) is 5.73 Å². The molecule has 0 unspecified atom stereocenters. The topological polar surface area (TPSA) is 50.4 Å². The Morgan fingerprint density at radius 1 is 1.67 bits per heavy atom. The summed E-state index contributed by atoms with van der Waals surface area (Å²) in [7, 11) is 0. The minimum atomic E-state index is 0.312. The first-order valence-corrected chi connectivity index (χ1v) is 5.24. The van der Waals surface area contributed by atoms with E-state index in [1.807, 2.05) is 0 Å². The van der Waals surface area contributed by atoms with Crippen LogP contribution in [0, 0.1) is 5.41 Å². The van der Waals surface area contributed by atoms with Gasteiger partial charge in [0.15, 0.2) is 5.17 Å². The summed E-state index contributed by atoms with van der Waals surface area (Å²) in [6.07, 6.45) is 0. The number of thioether (sulfide) groups is 1. The van der Waals surface area contributed by atoms with Crippen LogP contribution < -0.4 is 11.1 Å². The molecule has 0 spiro atoms. The molecule has 1 aliphatic rings. The van der Waals surface area contributed by atoms with E-state index in [1.165, 1.54) is 0 Å². The fourth-order valence-corrected chi connectivity index (χ4v) is 1.61. The molecule has 1 heterocycles. The highest BCUT2D eigenvalue weighted by atomic mass is 32.2. The number of nitrogens with two attached hydrogens (primary N) is 1. The van der Waals surface area contributed by atoms with Crippen molar-refractivity contribution in [2.24, 2.45) is 16.1 Å². The van der Waals surface area contributed by atoms with Crippen LogP contribution in [0.1, 0.15) is 13.8 Å². The zero-order valence-corrected chi connectivity index (χ0v) is 8.58. The van der Waals surface area contributed by atoms with Crippen molar-refractivity contribution in [2.75, 3.05) is 25.4 Å². The standard InChI is InChI=1S/C8H17N3S/c1-8(2)5-10-7(11-6-8)12-4-3-9/h3-6,9H2,1-2H3,(H,10,11). The molecule has 0 aromatic rings. The summed E-state index contributed by atoms with van der Waals surface area (Å²) in [6, 6.07) is 0. The van der Waals surface area contributed by atoms with Gasteiger partial charge in [-0.25, -0.2) is 0 Å². The largest absolute Gasteiger partial charge is 0.364 e. The van der Waals surface area contributed by atoms with Crippen LogP contribution in [0.2, 0.25) is 0 Å². The molecule has 0 amide bonds. The number of hydrogen-bond acceptors (Lipinski definition) is 4. The lowest BCUT2D eigenvalue weighted by molar-refractivity contribution is 0.364. The Morgan fingerprint density at radius 2 is 2.42 bits per heavy atom. The Bertz CT molecular complexity index is 177. The summed E-state index contributed by atoms with van der Waals surface area (Å²) in [5.74, 6) is 0.951. The molecule has 0 fully saturated rings. The van der Waals surface area contributed by atoms with Crippen LogP contribution in [-0.2, 0) is 0 Å². The molecule has 3 N–H and O–H groups in total. The molecule has 0 atom stereocenters. The minimum absolute atomic E-state index is 0.312. The molecular formula is C8H17N3S. The van der Waals surface area contributed by atoms with E-state index in [0.29, 0.717) is 5.41 Å². The highest BCUT2D eigenvalue weighted by Gasteiger charge is 2.21. The van der Waals surface area contributed by atoms with E-state index in [9.17, 15) is 0 Å². The average molecular weight is 187 g/mol. The van der Waals surface area contributed by atoms with E-state index < -0.39 is 0 Å². The Hall–Kier alpha value is -0.220. The second-order valence-electron chi connectivity index (χ2n) is 3.78. The van der Waals surface area contributed by atoms with Crippen molar-refractivity contribution in [3.05, 3.63) is 0 Å². The fraction of sp³-hybridized carbons (Fsp3) is 0.875. The summed E-state index contributed by atoms with van der Waals surface area (Å²) in [5, 5.41) is 4.36. The lowest BCUT2D eigenvalue weighted by atomic mass is 9.93. The van der Waals surface area contributed by atoms with E-state index >= 15 is 0 Å². The molecule has 3 nitrogen and oxygen atoms in total. The molecule has 70 valence electrons. The first-order valence-electron chi connectivity index (χ1n) is 4.25. The number of rotatable bonds is 2. The Kier molecular flexibility index (Phi) is 3.40. The van der Waals surface area contributed by atoms with E-state index in [0.717, 1.165) is 30.6 Å². The van der Waals surface area contributed by atoms with Crippen molar-refractivity contribution in [2.45, 2.75) is 13.8 Å². The highest BCUT2D eigenvalue weighted by molar-refractivity contribution is 8.13. The quantitative estimate of drug-likeness (QED) is 0.668. The summed E-state index contributed by atoms with van der Waals surface area (Å²) >= 11 is 1.71. The van der Waals surface area contributed by atoms with Gasteiger partial charge in [-0.2, -0.15) is 0 Å². The third kappa shape index (κ3) is 3.03. The third-order valence-electron chi connectivity index (χ3n) is 1.73. The number of hydrogen-bond donors (Lipinski definition) is 2. The predicted molar refractivity (Wildman–Crippen MR) is 55.6 cm³/mol. The molecule has 1 rings (SSSR count). The maximum absolute atomic E-state index is 5.40. The van der Waals surface area contributed by atoms with Gasteiger partial charge in [0.2, 0.25) is 0 Å². The van der Waals surface area contributed by atoms with Crippen molar-refractivity contribution in [1.29, 1.82) is 0 Å². The maximum Gasteiger partial charge on any atom is 0.156 e. The van der Waals surface area contributed by atoms with Crippen molar-refractivity contribution in [3.8, 4) is 0 Å². The predicted octanol–water partition coefficient (Wildman–Crippen LogP) is 0.664. The smallest absolute Gasteiger partial charge is 0.156 e. The fourth-order valence-electron chi connectivity index (χ4n) is 0.965. The second kappa shape index (κ2) is 4.14. The minimum Gasteiger partial charge on any atom is -0.364 e. The van der Waals surface area contributed by atoms with Gasteiger partial charge in [-0.3, -0.25) is 4.99 Å². The zero-order chi connectivity index (χ0) is 9.03. The van der Waals surface area contributed by atoms with Crippen LogP contribution in [-0.4, -0.2) is 30.6 Å². The normalized spacial score (nSPS) is 21.4. The molecule has 1 aliphatic heterocycles. The maximum atomic E-state index is 5.40. The molecule has 0 saturated carbocycles. The molecule has 0 aromatic carbocycles. The molecule has 0 aromatic heterocycles. The number of nitrogens with zero attached hydrogens (tertiary/aromatic N) is 1. The molecule has 0 saturated heterocycles. The Labute approximate surface area is 78.2 Å². The second-order valence-corrected chi connectivity index (χ2v) is 4.86. The van der Waals surface area contributed by atoms with E-state index in [1.54, 1.807) is 11.8 Å². The molecule has 0 bridgehead atoms. The number of aliphatic imine (C=N–C) groups is 1. The van der Waals surface area contributed by atoms with Crippen LogP contribution in [0.15, 0.2) is 4.99 Å². The van der Waals surface area contributed by atoms with Gasteiger partial charge in [-0.05, 0) is 0 Å². The SMILES string of the molecule is CC1(C)CN=C(SCCN)NC1. The van der Waals surface area contributed by atoms with Crippen LogP contribution in [0.3, 0.4) is 0 Å². The Balaban J connectivity index is 2.34. The summed E-state index contributed by atoms with van der Waals surface area (Å²) in [5.41, 5.74) is 5.71. The van der Waals surface area contributed by atoms with Crippen molar-refractivity contribution < 1.29 is 0 Å². The van der Waals surface area contributed by atoms with Gasteiger partial charge in [0.25, 0.3) is 0 Å². The number of amidine groups is 1. The number of nitrogens with one attached hydrogen (secondary N) is 1. The van der Waals surface area contributed by atoms with Crippen LogP contribution in [0.4, 0.5) is 0 Å². The summed E-state index contributed by atoms with van der Waals surface area (Å²) in [6.45, 7) is 7.09. The van der Waals surface area contributed by atoms with E-state index in [-0.39, 0.29) is 0 Å². The van der Waals surface area contributed by atoms with E-state index in [2.05, 4.69) is 24.2 Å². The van der Waals surface area contributed by atoms with Crippen molar-refractivity contribution in [1.82, 2.24) is 5.32 Å². The van der Waals surface area contributed by atoms with Gasteiger partial charge in [0.05, 0.1) is 0 Å². The van der Waals surface area contributed by atoms with Crippen LogP contribution in [0.25, 0.3) is 0 Å². The highest BCUT2D eigenvalue weighted by Crippen LogP contribution is 2.19. The molecule has 4 heteroatoms. The van der Waals surface area contributed by atoms with Crippen molar-refractivity contribution in [3.63, 3.8) is 0 Å². The zero-order valence-electron chi connectivity index (χ0n) is 7.76. The van der Waals surface area contributed by atoms with Gasteiger partial charge < -0.3 is 11.1 Å². The molecule has 0 aliphatic carbocycles. The van der Waals surface area contributed by atoms with Gasteiger partial charge in [-0.1, -0.05) is 25.6 Å². The first kappa shape index (κ1) is 9.86. The van der Waals surface area contributed by atoms with Gasteiger partial charge in [0.1, 0.15) is 0 Å². The molecule has 0 radical (unpaired) electrons. The Morgan fingerprint density at radius 3 is 2.92 bits per heavy atom. The summed E-state index contributed by atoms with van der Waals surface area (Å²) < 4.78 is 0. The average Bonchev–Trinajstić information content (AvgIpc) is 2.03. The van der Waals surface area contributed by atoms with Gasteiger partial charge >= 0.3 is 0 Å². The third-order valence-corrected chi connectivity index (χ3v) is 2.71. The van der Waals surface area contributed by atoms with Gasteiger partial charge in [0, 0.05) is 30.8 Å². The molecular weight excluding hydrogens is 170 g/mol. The monoisotopic (exact) mass is 187 g/mol. The summed E-state index contributed by atoms with van der Waals surface area (Å²) in [4.78, 5) is 4.43. The first-order chi connectivity index (χ1) is 5.64. The lowest BCUT2D eigenvalue weighted by Gasteiger charge is -2.28.